The van der Waals surface area contributed by atoms with Gasteiger partial charge in [-0.05, 0) is 31.4 Å². The first-order chi connectivity index (χ1) is 8.19. The molecule has 0 aromatic heterocycles. The van der Waals surface area contributed by atoms with Crippen LogP contribution < -0.4 is 10.1 Å². The smallest absolute Gasteiger partial charge is 0.130 e. The molecule has 1 atom stereocenters. The van der Waals surface area contributed by atoms with Crippen LogP contribution in [0.25, 0.3) is 0 Å². The number of ether oxygens (including phenoxy) is 1. The minimum Gasteiger partial charge on any atom is -0.491 e. The molecule has 17 heavy (non-hydrogen) atoms. The Morgan fingerprint density at radius 3 is 2.94 bits per heavy atom. The molecular weight excluding hydrogens is 219 g/mol. The van der Waals surface area contributed by atoms with Crippen LogP contribution in [-0.4, -0.2) is 18.7 Å². The third-order valence-electron chi connectivity index (χ3n) is 2.73. The molecule has 0 heterocycles. The Morgan fingerprint density at radius 2 is 2.35 bits per heavy atom. The van der Waals surface area contributed by atoms with Gasteiger partial charge < -0.3 is 4.74 Å². The zero-order chi connectivity index (χ0) is 12.3. The number of nitrogens with zero attached hydrogens (tertiary/aromatic N) is 1. The third-order valence-corrected chi connectivity index (χ3v) is 2.73. The highest BCUT2D eigenvalue weighted by Crippen LogP contribution is 2.20. The molecule has 90 valence electrons. The van der Waals surface area contributed by atoms with E-state index in [4.69, 9.17) is 10.00 Å². The molecular formula is C13H15FN2O. The largest absolute Gasteiger partial charge is 0.491 e. The summed E-state index contributed by atoms with van der Waals surface area (Å²) in [7, 11) is 0. The highest BCUT2D eigenvalue weighted by Gasteiger charge is 2.24. The quantitative estimate of drug-likeness (QED) is 0.849. The van der Waals surface area contributed by atoms with Gasteiger partial charge in [-0.25, -0.2) is 4.39 Å². The number of hydrogen-bond acceptors (Lipinski definition) is 3. The van der Waals surface area contributed by atoms with Crippen LogP contribution in [0.4, 0.5) is 4.39 Å². The van der Waals surface area contributed by atoms with Crippen molar-refractivity contribution in [3.8, 4) is 11.8 Å². The summed E-state index contributed by atoms with van der Waals surface area (Å²) in [5.74, 6) is 0.178. The van der Waals surface area contributed by atoms with Gasteiger partial charge in [0.1, 0.15) is 24.2 Å². The van der Waals surface area contributed by atoms with Crippen LogP contribution in [0.15, 0.2) is 18.2 Å². The molecule has 1 unspecified atom stereocenters. The molecule has 1 aromatic carbocycles. The standard InChI is InChI=1S/C13H15FN2O/c1-9-2-5-12(6-13(9)14)17-8-11(7-15)16-10-3-4-10/h2,5-6,10-11,16H,3-4,8H2,1H3. The fourth-order valence-corrected chi connectivity index (χ4v) is 1.50. The average Bonchev–Trinajstić information content (AvgIpc) is 3.12. The molecule has 1 aliphatic rings. The molecule has 1 aliphatic carbocycles. The van der Waals surface area contributed by atoms with E-state index in [1.54, 1.807) is 19.1 Å². The predicted molar refractivity (Wildman–Crippen MR) is 62.2 cm³/mol. The van der Waals surface area contributed by atoms with E-state index in [-0.39, 0.29) is 18.5 Å². The van der Waals surface area contributed by atoms with Crippen molar-refractivity contribution in [2.24, 2.45) is 0 Å². The van der Waals surface area contributed by atoms with Crippen molar-refractivity contribution in [1.29, 1.82) is 5.26 Å². The van der Waals surface area contributed by atoms with E-state index in [1.807, 2.05) is 0 Å². The fourth-order valence-electron chi connectivity index (χ4n) is 1.50. The number of hydrogen-bond donors (Lipinski definition) is 1. The first-order valence-corrected chi connectivity index (χ1v) is 5.73. The lowest BCUT2D eigenvalue weighted by molar-refractivity contribution is 0.287. The minimum absolute atomic E-state index is 0.246. The first-order valence-electron chi connectivity index (χ1n) is 5.73. The van der Waals surface area contributed by atoms with Gasteiger partial charge in [-0.3, -0.25) is 5.32 Å². The van der Waals surface area contributed by atoms with Crippen molar-refractivity contribution < 1.29 is 9.13 Å². The maximum absolute atomic E-state index is 13.2. The molecule has 0 aliphatic heterocycles. The molecule has 0 spiro atoms. The number of nitriles is 1. The molecule has 0 amide bonds. The van der Waals surface area contributed by atoms with Crippen LogP contribution >= 0.6 is 0 Å². The Morgan fingerprint density at radius 1 is 1.59 bits per heavy atom. The second-order valence-electron chi connectivity index (χ2n) is 4.34. The molecule has 1 aromatic rings. The van der Waals surface area contributed by atoms with E-state index in [2.05, 4.69) is 11.4 Å². The van der Waals surface area contributed by atoms with Crippen LogP contribution in [0, 0.1) is 24.1 Å². The maximum Gasteiger partial charge on any atom is 0.130 e. The SMILES string of the molecule is Cc1ccc(OCC(C#N)NC2CC2)cc1F. The number of benzene rings is 1. The van der Waals surface area contributed by atoms with E-state index in [1.165, 1.54) is 6.07 Å². The summed E-state index contributed by atoms with van der Waals surface area (Å²) in [6.07, 6.45) is 2.24. The zero-order valence-electron chi connectivity index (χ0n) is 9.74. The lowest BCUT2D eigenvalue weighted by Crippen LogP contribution is -2.34. The van der Waals surface area contributed by atoms with Gasteiger partial charge in [-0.15, -0.1) is 0 Å². The number of aryl methyl sites for hydroxylation is 1. The van der Waals surface area contributed by atoms with Crippen LogP contribution in [0.3, 0.4) is 0 Å². The molecule has 1 fully saturated rings. The van der Waals surface area contributed by atoms with Crippen LogP contribution in [0.2, 0.25) is 0 Å². The van der Waals surface area contributed by atoms with Crippen LogP contribution in [0.5, 0.6) is 5.75 Å². The normalized spacial score (nSPS) is 16.3. The van der Waals surface area contributed by atoms with Gasteiger partial charge in [-0.1, -0.05) is 6.07 Å². The predicted octanol–water partition coefficient (Wildman–Crippen LogP) is 2.16. The maximum atomic E-state index is 13.2. The van der Waals surface area contributed by atoms with Crippen LogP contribution in [-0.2, 0) is 0 Å². The van der Waals surface area contributed by atoms with Crippen LogP contribution in [0.1, 0.15) is 18.4 Å². The lowest BCUT2D eigenvalue weighted by Gasteiger charge is -2.12. The van der Waals surface area contributed by atoms with Crippen molar-refractivity contribution in [3.05, 3.63) is 29.6 Å². The Labute approximate surface area is 100 Å². The van der Waals surface area contributed by atoms with Gasteiger partial charge in [0, 0.05) is 12.1 Å². The first kappa shape index (κ1) is 11.9. The summed E-state index contributed by atoms with van der Waals surface area (Å²) in [4.78, 5) is 0. The summed E-state index contributed by atoms with van der Waals surface area (Å²) in [5, 5.41) is 12.1. The molecule has 0 bridgehead atoms. The van der Waals surface area contributed by atoms with Crippen molar-refractivity contribution in [2.75, 3.05) is 6.61 Å². The molecule has 3 nitrogen and oxygen atoms in total. The van der Waals surface area contributed by atoms with Gasteiger partial charge in [-0.2, -0.15) is 5.26 Å². The summed E-state index contributed by atoms with van der Waals surface area (Å²) < 4.78 is 18.6. The van der Waals surface area contributed by atoms with Gasteiger partial charge in [0.25, 0.3) is 0 Å². The lowest BCUT2D eigenvalue weighted by atomic mass is 10.2. The molecule has 4 heteroatoms. The van der Waals surface area contributed by atoms with E-state index >= 15 is 0 Å². The summed E-state index contributed by atoms with van der Waals surface area (Å²) >= 11 is 0. The van der Waals surface area contributed by atoms with Gasteiger partial charge >= 0.3 is 0 Å². The fraction of sp³-hybridized carbons (Fsp3) is 0.462. The van der Waals surface area contributed by atoms with E-state index in [0.29, 0.717) is 17.4 Å². The molecule has 2 rings (SSSR count). The number of halogens is 1. The van der Waals surface area contributed by atoms with Gasteiger partial charge in [0.2, 0.25) is 0 Å². The second kappa shape index (κ2) is 5.15. The monoisotopic (exact) mass is 234 g/mol. The summed E-state index contributed by atoms with van der Waals surface area (Å²) in [5.41, 5.74) is 0.588. The minimum atomic E-state index is -0.327. The Hall–Kier alpha value is -1.60. The number of nitrogens with one attached hydrogen (secondary N) is 1. The van der Waals surface area contributed by atoms with E-state index in [0.717, 1.165) is 12.8 Å². The molecule has 0 saturated heterocycles. The number of rotatable bonds is 5. The van der Waals surface area contributed by atoms with Crippen molar-refractivity contribution in [1.82, 2.24) is 5.32 Å². The highest BCUT2D eigenvalue weighted by atomic mass is 19.1. The summed E-state index contributed by atoms with van der Waals surface area (Å²) in [6, 6.07) is 7.00. The second-order valence-corrected chi connectivity index (χ2v) is 4.34. The average molecular weight is 234 g/mol. The molecule has 1 N–H and O–H groups in total. The zero-order valence-corrected chi connectivity index (χ0v) is 9.74. The Kier molecular flexibility index (Phi) is 3.60. The van der Waals surface area contributed by atoms with Crippen molar-refractivity contribution in [2.45, 2.75) is 31.8 Å². The molecule has 1 saturated carbocycles. The van der Waals surface area contributed by atoms with E-state index < -0.39 is 0 Å². The Balaban J connectivity index is 1.87. The highest BCUT2D eigenvalue weighted by molar-refractivity contribution is 5.28. The topological polar surface area (TPSA) is 45.0 Å². The third kappa shape index (κ3) is 3.43. The van der Waals surface area contributed by atoms with Crippen molar-refractivity contribution >= 4 is 0 Å². The molecule has 0 radical (unpaired) electrons. The van der Waals surface area contributed by atoms with Gasteiger partial charge in [0.15, 0.2) is 0 Å². The van der Waals surface area contributed by atoms with E-state index in [9.17, 15) is 4.39 Å². The van der Waals surface area contributed by atoms with Gasteiger partial charge in [0.05, 0.1) is 6.07 Å². The summed E-state index contributed by atoms with van der Waals surface area (Å²) in [6.45, 7) is 1.95. The Bertz CT molecular complexity index is 438. The van der Waals surface area contributed by atoms with Crippen molar-refractivity contribution in [3.63, 3.8) is 0 Å².